The second-order valence-corrected chi connectivity index (χ2v) is 6.51. The lowest BCUT2D eigenvalue weighted by atomic mass is 9.99. The lowest BCUT2D eigenvalue weighted by molar-refractivity contribution is -0.137. The van der Waals surface area contributed by atoms with Gasteiger partial charge in [0.1, 0.15) is 5.82 Å². The molecule has 1 aromatic heterocycles. The zero-order chi connectivity index (χ0) is 19.9. The van der Waals surface area contributed by atoms with Gasteiger partial charge in [-0.3, -0.25) is 9.59 Å². The summed E-state index contributed by atoms with van der Waals surface area (Å²) < 4.78 is 0. The lowest BCUT2D eigenvalue weighted by Gasteiger charge is -2.17. The van der Waals surface area contributed by atoms with Crippen LogP contribution in [0.3, 0.4) is 0 Å². The van der Waals surface area contributed by atoms with Gasteiger partial charge in [-0.25, -0.2) is 4.98 Å². The highest BCUT2D eigenvalue weighted by Crippen LogP contribution is 2.20. The van der Waals surface area contributed by atoms with Gasteiger partial charge in [0.15, 0.2) is 0 Å². The third-order valence-electron chi connectivity index (χ3n) is 4.35. The lowest BCUT2D eigenvalue weighted by Crippen LogP contribution is -2.38. The molecule has 0 bridgehead atoms. The molecular formula is C22H21N3O3. The maximum absolute atomic E-state index is 12.4. The summed E-state index contributed by atoms with van der Waals surface area (Å²) in [7, 11) is 0. The van der Waals surface area contributed by atoms with Crippen molar-refractivity contribution in [2.24, 2.45) is 0 Å². The van der Waals surface area contributed by atoms with Gasteiger partial charge in [0, 0.05) is 12.2 Å². The summed E-state index contributed by atoms with van der Waals surface area (Å²) in [5.41, 5.74) is 9.00. The number of nitrogen functional groups attached to an aromatic ring is 1. The Balaban J connectivity index is 1.70. The fourth-order valence-electron chi connectivity index (χ4n) is 2.94. The molecule has 0 radical (unpaired) electrons. The Kier molecular flexibility index (Phi) is 6.01. The molecule has 1 amide bonds. The number of hydrogen-bond donors (Lipinski definition) is 3. The van der Waals surface area contributed by atoms with Gasteiger partial charge in [-0.05, 0) is 35.2 Å². The maximum Gasteiger partial charge on any atom is 0.305 e. The number of carboxylic acids is 1. The first-order valence-corrected chi connectivity index (χ1v) is 8.90. The number of anilines is 1. The van der Waals surface area contributed by atoms with E-state index in [4.69, 9.17) is 5.73 Å². The van der Waals surface area contributed by atoms with Gasteiger partial charge in [-0.1, -0.05) is 54.6 Å². The molecule has 0 unspecified atom stereocenters. The van der Waals surface area contributed by atoms with Gasteiger partial charge in [-0.2, -0.15) is 0 Å². The Bertz CT molecular complexity index is 939. The minimum atomic E-state index is -0.971. The largest absolute Gasteiger partial charge is 0.481 e. The maximum atomic E-state index is 12.4. The van der Waals surface area contributed by atoms with Crippen molar-refractivity contribution in [1.29, 1.82) is 0 Å². The van der Waals surface area contributed by atoms with Crippen LogP contribution in [0.25, 0.3) is 11.1 Å². The number of aliphatic carboxylic acids is 1. The van der Waals surface area contributed by atoms with Crippen molar-refractivity contribution in [1.82, 2.24) is 10.3 Å². The molecule has 2 aromatic carbocycles. The number of carbonyl (C=O) groups is 2. The number of carbonyl (C=O) groups excluding carboxylic acids is 1. The van der Waals surface area contributed by atoms with Crippen LogP contribution in [0.1, 0.15) is 22.3 Å². The summed E-state index contributed by atoms with van der Waals surface area (Å²) in [6.07, 6.45) is 1.61. The number of benzene rings is 2. The van der Waals surface area contributed by atoms with E-state index < -0.39 is 12.0 Å². The third kappa shape index (κ3) is 5.17. The predicted molar refractivity (Wildman–Crippen MR) is 108 cm³/mol. The van der Waals surface area contributed by atoms with Crippen molar-refractivity contribution >= 4 is 17.7 Å². The van der Waals surface area contributed by atoms with Crippen LogP contribution in [0.4, 0.5) is 5.82 Å². The number of nitrogens with zero attached hydrogens (tertiary/aromatic N) is 1. The van der Waals surface area contributed by atoms with Crippen molar-refractivity contribution in [2.75, 3.05) is 5.73 Å². The summed E-state index contributed by atoms with van der Waals surface area (Å²) in [5.74, 6) is -1.03. The fourth-order valence-corrected chi connectivity index (χ4v) is 2.94. The highest BCUT2D eigenvalue weighted by atomic mass is 16.4. The summed E-state index contributed by atoms with van der Waals surface area (Å²) >= 11 is 0. The molecule has 0 saturated heterocycles. The zero-order valence-electron chi connectivity index (χ0n) is 15.2. The highest BCUT2D eigenvalue weighted by molar-refractivity contribution is 5.94. The number of aromatic nitrogens is 1. The summed E-state index contributed by atoms with van der Waals surface area (Å²) in [5, 5.41) is 12.0. The van der Waals surface area contributed by atoms with Gasteiger partial charge in [0.05, 0.1) is 12.0 Å². The molecule has 0 fully saturated rings. The SMILES string of the molecule is Nc1ccc(C(=O)N[C@@H](CC(=O)O)Cc2ccc(-c3ccccc3)cc2)cn1. The molecule has 0 aliphatic carbocycles. The van der Waals surface area contributed by atoms with Crippen molar-refractivity contribution < 1.29 is 14.7 Å². The van der Waals surface area contributed by atoms with Crippen LogP contribution < -0.4 is 11.1 Å². The van der Waals surface area contributed by atoms with E-state index in [1.54, 1.807) is 6.07 Å². The quantitative estimate of drug-likeness (QED) is 0.588. The highest BCUT2D eigenvalue weighted by Gasteiger charge is 2.18. The first kappa shape index (κ1) is 19.1. The molecule has 0 aliphatic rings. The molecule has 1 atom stereocenters. The fraction of sp³-hybridized carbons (Fsp3) is 0.136. The van der Waals surface area contributed by atoms with Crippen LogP contribution >= 0.6 is 0 Å². The Morgan fingerprint density at radius 2 is 1.64 bits per heavy atom. The monoisotopic (exact) mass is 375 g/mol. The number of nitrogens with two attached hydrogens (primary N) is 1. The number of carboxylic acid groups (broad SMARTS) is 1. The number of hydrogen-bond acceptors (Lipinski definition) is 4. The van der Waals surface area contributed by atoms with Crippen LogP contribution in [-0.2, 0) is 11.2 Å². The van der Waals surface area contributed by atoms with Gasteiger partial charge in [0.2, 0.25) is 0 Å². The van der Waals surface area contributed by atoms with Gasteiger partial charge in [-0.15, -0.1) is 0 Å². The van der Waals surface area contributed by atoms with E-state index in [9.17, 15) is 14.7 Å². The molecule has 6 heteroatoms. The molecule has 6 nitrogen and oxygen atoms in total. The van der Waals surface area contributed by atoms with Crippen molar-refractivity contribution in [3.63, 3.8) is 0 Å². The molecule has 0 aliphatic heterocycles. The van der Waals surface area contributed by atoms with E-state index >= 15 is 0 Å². The summed E-state index contributed by atoms with van der Waals surface area (Å²) in [6, 6.07) is 20.4. The zero-order valence-corrected chi connectivity index (χ0v) is 15.2. The first-order valence-electron chi connectivity index (χ1n) is 8.90. The molecule has 1 heterocycles. The van der Waals surface area contributed by atoms with Crippen LogP contribution in [0, 0.1) is 0 Å². The Labute approximate surface area is 163 Å². The number of pyridine rings is 1. The topological polar surface area (TPSA) is 105 Å². The van der Waals surface area contributed by atoms with Crippen molar-refractivity contribution in [3.05, 3.63) is 84.1 Å². The summed E-state index contributed by atoms with van der Waals surface area (Å²) in [4.78, 5) is 27.5. The molecule has 4 N–H and O–H groups in total. The standard InChI is InChI=1S/C22H21N3O3/c23-20-11-10-18(14-24-20)22(28)25-19(13-21(26)27)12-15-6-8-17(9-7-15)16-4-2-1-3-5-16/h1-11,14,19H,12-13H2,(H2,23,24)(H,25,28)(H,26,27)/t19-/m1/s1. The molecular weight excluding hydrogens is 354 g/mol. The first-order chi connectivity index (χ1) is 13.5. The molecule has 3 aromatic rings. The van der Waals surface area contributed by atoms with Crippen LogP contribution in [0.5, 0.6) is 0 Å². The normalized spacial score (nSPS) is 11.6. The van der Waals surface area contributed by atoms with E-state index in [2.05, 4.69) is 10.3 Å². The third-order valence-corrected chi connectivity index (χ3v) is 4.35. The average molecular weight is 375 g/mol. The Morgan fingerprint density at radius 1 is 0.964 bits per heavy atom. The minimum Gasteiger partial charge on any atom is -0.481 e. The number of nitrogens with one attached hydrogen (secondary N) is 1. The van der Waals surface area contributed by atoms with Crippen LogP contribution in [0.15, 0.2) is 72.9 Å². The molecule has 28 heavy (non-hydrogen) atoms. The molecule has 3 rings (SSSR count). The van der Waals surface area contributed by atoms with Crippen molar-refractivity contribution in [3.8, 4) is 11.1 Å². The molecule has 0 saturated carbocycles. The second-order valence-electron chi connectivity index (χ2n) is 6.51. The Morgan fingerprint density at radius 3 is 2.25 bits per heavy atom. The predicted octanol–water partition coefficient (Wildman–Crippen LogP) is 3.15. The second kappa shape index (κ2) is 8.81. The number of amides is 1. The van der Waals surface area contributed by atoms with E-state index in [-0.39, 0.29) is 12.3 Å². The van der Waals surface area contributed by atoms with E-state index in [0.717, 1.165) is 16.7 Å². The minimum absolute atomic E-state index is 0.172. The van der Waals surface area contributed by atoms with E-state index in [1.807, 2.05) is 54.6 Å². The van der Waals surface area contributed by atoms with Crippen LogP contribution in [0.2, 0.25) is 0 Å². The van der Waals surface area contributed by atoms with Gasteiger partial charge in [0.25, 0.3) is 5.91 Å². The van der Waals surface area contributed by atoms with Gasteiger partial charge < -0.3 is 16.2 Å². The molecule has 0 spiro atoms. The van der Waals surface area contributed by atoms with Crippen molar-refractivity contribution in [2.45, 2.75) is 18.9 Å². The average Bonchev–Trinajstić information content (AvgIpc) is 2.69. The van der Waals surface area contributed by atoms with Gasteiger partial charge >= 0.3 is 5.97 Å². The van der Waals surface area contributed by atoms with Crippen LogP contribution in [-0.4, -0.2) is 28.0 Å². The summed E-state index contributed by atoms with van der Waals surface area (Å²) in [6.45, 7) is 0. The van der Waals surface area contributed by atoms with E-state index in [1.165, 1.54) is 12.3 Å². The molecule has 142 valence electrons. The van der Waals surface area contributed by atoms with E-state index in [0.29, 0.717) is 17.8 Å². The number of rotatable bonds is 7. The Hall–Kier alpha value is -3.67. The smallest absolute Gasteiger partial charge is 0.305 e.